The number of halogens is 5. The van der Waals surface area contributed by atoms with E-state index < -0.39 is 22.4 Å². The molecular weight excluding hydrogens is 481 g/mol. The van der Waals surface area contributed by atoms with E-state index in [9.17, 15) is 23.3 Å². The maximum atomic E-state index is 12.7. The number of anilines is 4. The monoisotopic (exact) mass is 488 g/mol. The smallest absolute Gasteiger partial charge is 0.334 e. The molecule has 0 aliphatic heterocycles. The van der Waals surface area contributed by atoms with Crippen molar-refractivity contribution in [2.45, 2.75) is 6.18 Å². The van der Waals surface area contributed by atoms with Crippen molar-refractivity contribution >= 4 is 56.4 Å². The van der Waals surface area contributed by atoms with E-state index in [1.54, 1.807) is 24.3 Å². The van der Waals surface area contributed by atoms with Gasteiger partial charge in [-0.2, -0.15) is 13.2 Å². The number of pyridine rings is 1. The summed E-state index contributed by atoms with van der Waals surface area (Å²) in [7, 11) is 0. The van der Waals surface area contributed by atoms with Crippen LogP contribution in [0.25, 0.3) is 0 Å². The van der Waals surface area contributed by atoms with Gasteiger partial charge >= 0.3 is 11.9 Å². The molecule has 1 aromatic carbocycles. The molecular formula is C16H9BrClF3N6O2. The molecule has 2 aromatic heterocycles. The van der Waals surface area contributed by atoms with Crippen LogP contribution in [0.5, 0.6) is 0 Å². The van der Waals surface area contributed by atoms with Crippen LogP contribution in [0.2, 0.25) is 5.02 Å². The van der Waals surface area contributed by atoms with Crippen molar-refractivity contribution < 1.29 is 18.1 Å². The second kappa shape index (κ2) is 8.17. The highest BCUT2D eigenvalue weighted by atomic mass is 79.9. The lowest BCUT2D eigenvalue weighted by molar-refractivity contribution is -0.383. The minimum absolute atomic E-state index is 0.131. The Hall–Kier alpha value is -2.99. The van der Waals surface area contributed by atoms with E-state index in [0.717, 1.165) is 10.8 Å². The van der Waals surface area contributed by atoms with Crippen molar-refractivity contribution in [2.24, 2.45) is 0 Å². The van der Waals surface area contributed by atoms with E-state index in [1.807, 2.05) is 0 Å². The summed E-state index contributed by atoms with van der Waals surface area (Å²) in [6.07, 6.45) is -3.02. The quantitative estimate of drug-likeness (QED) is 0.350. The van der Waals surface area contributed by atoms with Gasteiger partial charge in [0.1, 0.15) is 6.33 Å². The van der Waals surface area contributed by atoms with Gasteiger partial charge in [-0.05, 0) is 24.3 Å². The van der Waals surface area contributed by atoms with Crippen molar-refractivity contribution in [1.82, 2.24) is 15.0 Å². The first-order chi connectivity index (χ1) is 13.6. The zero-order valence-electron chi connectivity index (χ0n) is 14.0. The van der Waals surface area contributed by atoms with Crippen molar-refractivity contribution in [3.05, 3.63) is 68.0 Å². The van der Waals surface area contributed by atoms with Gasteiger partial charge in [-0.15, -0.1) is 0 Å². The number of nitrogens with one attached hydrogen (secondary N) is 2. The Bertz CT molecular complexity index is 1080. The summed E-state index contributed by atoms with van der Waals surface area (Å²) in [6.45, 7) is 0. The van der Waals surface area contributed by atoms with Crippen LogP contribution in [0.4, 0.5) is 42.0 Å². The van der Waals surface area contributed by atoms with Crippen LogP contribution in [-0.2, 0) is 6.18 Å². The summed E-state index contributed by atoms with van der Waals surface area (Å²) in [5.41, 5.74) is -1.08. The Morgan fingerprint density at radius 1 is 1.07 bits per heavy atom. The Kier molecular flexibility index (Phi) is 5.84. The molecule has 2 N–H and O–H groups in total. The highest BCUT2D eigenvalue weighted by Gasteiger charge is 2.32. The topological polar surface area (TPSA) is 106 Å². The Labute approximate surface area is 174 Å². The molecule has 8 nitrogen and oxygen atoms in total. The lowest BCUT2D eigenvalue weighted by atomic mass is 10.2. The molecule has 0 fully saturated rings. The van der Waals surface area contributed by atoms with Gasteiger partial charge in [0.05, 0.1) is 15.5 Å². The van der Waals surface area contributed by atoms with E-state index in [0.29, 0.717) is 18.0 Å². The van der Waals surface area contributed by atoms with Crippen molar-refractivity contribution in [2.75, 3.05) is 10.6 Å². The molecule has 0 atom stereocenters. The molecule has 0 radical (unpaired) electrons. The number of nitro groups is 1. The molecule has 0 saturated carbocycles. The SMILES string of the molecule is O=[N+]([O-])c1c(Nc2cccc(Br)c2)ncnc1Nc1ncc(C(F)(F)F)cc1Cl. The Balaban J connectivity index is 1.97. The Morgan fingerprint density at radius 2 is 1.76 bits per heavy atom. The third kappa shape index (κ3) is 4.90. The fourth-order valence-electron chi connectivity index (χ4n) is 2.23. The predicted octanol–water partition coefficient (Wildman–Crippen LogP) is 5.70. The average molecular weight is 490 g/mol. The van der Waals surface area contributed by atoms with Crippen LogP contribution in [0.15, 0.2) is 47.3 Å². The number of nitrogens with zero attached hydrogens (tertiary/aromatic N) is 4. The van der Waals surface area contributed by atoms with Gasteiger partial charge < -0.3 is 10.6 Å². The maximum Gasteiger partial charge on any atom is 0.417 e. The third-order valence-electron chi connectivity index (χ3n) is 3.50. The lowest BCUT2D eigenvalue weighted by Gasteiger charge is -2.12. The molecule has 29 heavy (non-hydrogen) atoms. The number of rotatable bonds is 5. The standard InChI is InChI=1S/C16H9BrClF3N6O2/c17-9-2-1-3-10(5-9)25-14-12(27(28)29)15(24-7-23-14)26-13-11(18)4-8(6-22-13)16(19,20)21/h1-7H,(H2,22,23,24,25,26). The molecule has 2 heterocycles. The summed E-state index contributed by atoms with van der Waals surface area (Å²) in [4.78, 5) is 22.1. The first kappa shape index (κ1) is 20.7. The summed E-state index contributed by atoms with van der Waals surface area (Å²) >= 11 is 9.13. The molecule has 0 amide bonds. The average Bonchev–Trinajstić information content (AvgIpc) is 2.62. The van der Waals surface area contributed by atoms with Crippen molar-refractivity contribution in [3.8, 4) is 0 Å². The van der Waals surface area contributed by atoms with Crippen LogP contribution >= 0.6 is 27.5 Å². The molecule has 0 bridgehead atoms. The van der Waals surface area contributed by atoms with Crippen LogP contribution in [0.3, 0.4) is 0 Å². The minimum atomic E-state index is -4.63. The predicted molar refractivity (Wildman–Crippen MR) is 104 cm³/mol. The lowest BCUT2D eigenvalue weighted by Crippen LogP contribution is -2.08. The third-order valence-corrected chi connectivity index (χ3v) is 4.28. The molecule has 0 aliphatic rings. The Morgan fingerprint density at radius 3 is 2.34 bits per heavy atom. The maximum absolute atomic E-state index is 12.7. The van der Waals surface area contributed by atoms with Gasteiger partial charge in [0.2, 0.25) is 11.6 Å². The normalized spacial score (nSPS) is 11.2. The van der Waals surface area contributed by atoms with Gasteiger partial charge in [-0.25, -0.2) is 15.0 Å². The molecule has 3 rings (SSSR count). The summed E-state index contributed by atoms with van der Waals surface area (Å²) in [5, 5.41) is 16.5. The van der Waals surface area contributed by atoms with E-state index in [-0.39, 0.29) is 22.5 Å². The van der Waals surface area contributed by atoms with E-state index in [1.165, 1.54) is 0 Å². The van der Waals surface area contributed by atoms with Crippen LogP contribution in [0.1, 0.15) is 5.56 Å². The zero-order chi connectivity index (χ0) is 21.2. The van der Waals surface area contributed by atoms with E-state index in [4.69, 9.17) is 11.6 Å². The highest BCUT2D eigenvalue weighted by Crippen LogP contribution is 2.36. The molecule has 3 aromatic rings. The van der Waals surface area contributed by atoms with Gasteiger partial charge in [0.25, 0.3) is 0 Å². The van der Waals surface area contributed by atoms with Crippen LogP contribution in [0, 0.1) is 10.1 Å². The van der Waals surface area contributed by atoms with Crippen molar-refractivity contribution in [1.29, 1.82) is 0 Å². The number of alkyl halides is 3. The van der Waals surface area contributed by atoms with E-state index >= 15 is 0 Å². The highest BCUT2D eigenvalue weighted by molar-refractivity contribution is 9.10. The fourth-order valence-corrected chi connectivity index (χ4v) is 2.85. The first-order valence-corrected chi connectivity index (χ1v) is 8.84. The fraction of sp³-hybridized carbons (Fsp3) is 0.0625. The van der Waals surface area contributed by atoms with Gasteiger partial charge in [0, 0.05) is 16.4 Å². The van der Waals surface area contributed by atoms with Crippen LogP contribution < -0.4 is 10.6 Å². The number of hydrogen-bond acceptors (Lipinski definition) is 7. The summed E-state index contributed by atoms with van der Waals surface area (Å²) in [6, 6.07) is 7.48. The largest absolute Gasteiger partial charge is 0.417 e. The molecule has 0 unspecified atom stereocenters. The molecule has 0 saturated heterocycles. The minimum Gasteiger partial charge on any atom is -0.334 e. The summed E-state index contributed by atoms with van der Waals surface area (Å²) in [5.74, 6) is -0.653. The number of benzene rings is 1. The van der Waals surface area contributed by atoms with E-state index in [2.05, 4.69) is 41.5 Å². The summed E-state index contributed by atoms with van der Waals surface area (Å²) < 4.78 is 39.0. The zero-order valence-corrected chi connectivity index (χ0v) is 16.4. The molecule has 0 spiro atoms. The number of hydrogen-bond donors (Lipinski definition) is 2. The van der Waals surface area contributed by atoms with Gasteiger partial charge in [0.15, 0.2) is 5.82 Å². The second-order valence-corrected chi connectivity index (χ2v) is 6.81. The molecule has 13 heteroatoms. The van der Waals surface area contributed by atoms with Gasteiger partial charge in [-0.1, -0.05) is 33.6 Å². The molecule has 150 valence electrons. The van der Waals surface area contributed by atoms with Gasteiger partial charge in [-0.3, -0.25) is 10.1 Å². The number of aromatic nitrogens is 3. The molecule has 0 aliphatic carbocycles. The first-order valence-electron chi connectivity index (χ1n) is 7.67. The van der Waals surface area contributed by atoms with Crippen LogP contribution in [-0.4, -0.2) is 19.9 Å². The second-order valence-electron chi connectivity index (χ2n) is 5.49. The van der Waals surface area contributed by atoms with Crippen molar-refractivity contribution in [3.63, 3.8) is 0 Å².